The lowest BCUT2D eigenvalue weighted by Crippen LogP contribution is -2.48. The predicted molar refractivity (Wildman–Crippen MR) is 67.8 cm³/mol. The third-order valence-corrected chi connectivity index (χ3v) is 3.20. The first-order valence-electron chi connectivity index (χ1n) is 5.71. The molecule has 1 atom stereocenters. The molecule has 1 aromatic carbocycles. The monoisotopic (exact) mass is 270 g/mol. The van der Waals surface area contributed by atoms with E-state index in [4.69, 9.17) is 22.1 Å². The molecule has 1 amide bonds. The number of hydrogen-bond donors (Lipinski definition) is 2. The van der Waals surface area contributed by atoms with Gasteiger partial charge in [-0.2, -0.15) is 0 Å². The Kier molecular flexibility index (Phi) is 4.06. The fourth-order valence-corrected chi connectivity index (χ4v) is 2.09. The summed E-state index contributed by atoms with van der Waals surface area (Å²) in [6.45, 7) is 1.78. The lowest BCUT2D eigenvalue weighted by atomic mass is 10.1. The van der Waals surface area contributed by atoms with Gasteiger partial charge in [0.15, 0.2) is 0 Å². The number of morpholine rings is 1. The molecule has 1 saturated heterocycles. The summed E-state index contributed by atoms with van der Waals surface area (Å²) in [5.41, 5.74) is 5.83. The van der Waals surface area contributed by atoms with Crippen LogP contribution in [0, 0.1) is 0 Å². The Morgan fingerprint density at radius 1 is 1.61 bits per heavy atom. The average Bonchev–Trinajstić information content (AvgIpc) is 2.41. The molecule has 98 valence electrons. The predicted octanol–water partition coefficient (Wildman–Crippen LogP) is 0.845. The highest BCUT2D eigenvalue weighted by atomic mass is 35.5. The molecule has 0 aromatic heterocycles. The van der Waals surface area contributed by atoms with Crippen LogP contribution in [0.3, 0.4) is 0 Å². The fourth-order valence-electron chi connectivity index (χ4n) is 1.89. The molecule has 1 heterocycles. The van der Waals surface area contributed by atoms with Crippen LogP contribution in [-0.4, -0.2) is 48.3 Å². The molecular formula is C12H15ClN2O3. The van der Waals surface area contributed by atoms with Crippen molar-refractivity contribution in [2.24, 2.45) is 5.73 Å². The van der Waals surface area contributed by atoms with E-state index in [1.54, 1.807) is 4.90 Å². The van der Waals surface area contributed by atoms with Crippen molar-refractivity contribution in [3.63, 3.8) is 0 Å². The highest BCUT2D eigenvalue weighted by molar-refractivity contribution is 6.33. The number of nitrogens with zero attached hydrogens (tertiary/aromatic N) is 1. The summed E-state index contributed by atoms with van der Waals surface area (Å²) in [5.74, 6) is -0.191. The molecule has 0 aliphatic carbocycles. The summed E-state index contributed by atoms with van der Waals surface area (Å²) in [5, 5.41) is 9.74. The lowest BCUT2D eigenvalue weighted by molar-refractivity contribution is -0.0167. The third-order valence-electron chi connectivity index (χ3n) is 2.87. The largest absolute Gasteiger partial charge is 0.508 e. The Bertz CT molecular complexity index is 453. The van der Waals surface area contributed by atoms with E-state index < -0.39 is 0 Å². The minimum absolute atomic E-state index is 0.0198. The number of aromatic hydroxyl groups is 1. The number of hydrogen-bond acceptors (Lipinski definition) is 4. The summed E-state index contributed by atoms with van der Waals surface area (Å²) in [7, 11) is 0. The van der Waals surface area contributed by atoms with Crippen LogP contribution in [0.25, 0.3) is 0 Å². The van der Waals surface area contributed by atoms with Gasteiger partial charge in [0.05, 0.1) is 23.3 Å². The highest BCUT2D eigenvalue weighted by Crippen LogP contribution is 2.23. The van der Waals surface area contributed by atoms with E-state index in [1.807, 2.05) is 0 Å². The maximum absolute atomic E-state index is 12.3. The molecule has 0 bridgehead atoms. The molecule has 1 fully saturated rings. The van der Waals surface area contributed by atoms with E-state index in [9.17, 15) is 9.90 Å². The number of carbonyl (C=O) groups is 1. The highest BCUT2D eigenvalue weighted by Gasteiger charge is 2.25. The summed E-state index contributed by atoms with van der Waals surface area (Å²) >= 11 is 5.97. The zero-order chi connectivity index (χ0) is 13.1. The first-order valence-corrected chi connectivity index (χ1v) is 6.09. The number of phenolic OH excluding ortho intramolecular Hbond substituents is 1. The second kappa shape index (κ2) is 5.56. The Balaban J connectivity index is 2.17. The van der Waals surface area contributed by atoms with Gasteiger partial charge in [0.2, 0.25) is 0 Å². The van der Waals surface area contributed by atoms with Crippen LogP contribution in [0.15, 0.2) is 18.2 Å². The Morgan fingerprint density at radius 2 is 2.39 bits per heavy atom. The van der Waals surface area contributed by atoms with E-state index in [1.165, 1.54) is 18.2 Å². The molecule has 0 saturated carbocycles. The molecule has 3 N–H and O–H groups in total. The normalized spacial score (nSPS) is 19.9. The zero-order valence-corrected chi connectivity index (χ0v) is 10.6. The molecule has 2 rings (SSSR count). The molecule has 1 aromatic rings. The minimum atomic E-state index is -0.211. The van der Waals surface area contributed by atoms with Crippen molar-refractivity contribution in [2.45, 2.75) is 6.10 Å². The quantitative estimate of drug-likeness (QED) is 0.835. The van der Waals surface area contributed by atoms with Crippen LogP contribution < -0.4 is 5.73 Å². The number of phenols is 1. The average molecular weight is 271 g/mol. The number of amides is 1. The number of halogens is 1. The van der Waals surface area contributed by atoms with E-state index >= 15 is 0 Å². The van der Waals surface area contributed by atoms with Crippen molar-refractivity contribution >= 4 is 17.5 Å². The van der Waals surface area contributed by atoms with Crippen molar-refractivity contribution in [3.8, 4) is 5.75 Å². The van der Waals surface area contributed by atoms with Crippen molar-refractivity contribution in [3.05, 3.63) is 28.8 Å². The third kappa shape index (κ3) is 2.75. The van der Waals surface area contributed by atoms with Crippen LogP contribution in [0.2, 0.25) is 5.02 Å². The number of benzene rings is 1. The lowest BCUT2D eigenvalue weighted by Gasteiger charge is -2.32. The van der Waals surface area contributed by atoms with E-state index in [0.717, 1.165) is 0 Å². The zero-order valence-electron chi connectivity index (χ0n) is 9.80. The van der Waals surface area contributed by atoms with Crippen LogP contribution in [-0.2, 0) is 4.74 Å². The maximum atomic E-state index is 12.3. The van der Waals surface area contributed by atoms with Gasteiger partial charge in [-0.1, -0.05) is 11.6 Å². The van der Waals surface area contributed by atoms with Gasteiger partial charge in [-0.25, -0.2) is 0 Å². The van der Waals surface area contributed by atoms with Gasteiger partial charge in [-0.15, -0.1) is 0 Å². The molecular weight excluding hydrogens is 256 g/mol. The van der Waals surface area contributed by atoms with Crippen molar-refractivity contribution in [1.82, 2.24) is 4.90 Å². The Hall–Kier alpha value is -1.30. The smallest absolute Gasteiger partial charge is 0.255 e. The second-order valence-corrected chi connectivity index (χ2v) is 4.55. The summed E-state index contributed by atoms with van der Waals surface area (Å²) < 4.78 is 5.40. The first-order chi connectivity index (χ1) is 8.61. The maximum Gasteiger partial charge on any atom is 0.255 e. The van der Waals surface area contributed by atoms with Crippen LogP contribution >= 0.6 is 11.6 Å². The van der Waals surface area contributed by atoms with E-state index in [0.29, 0.717) is 36.8 Å². The van der Waals surface area contributed by atoms with Crippen molar-refractivity contribution in [1.29, 1.82) is 0 Å². The number of ether oxygens (including phenoxy) is 1. The molecule has 0 spiro atoms. The van der Waals surface area contributed by atoms with Gasteiger partial charge in [0.25, 0.3) is 5.91 Å². The van der Waals surface area contributed by atoms with E-state index in [2.05, 4.69) is 0 Å². The topological polar surface area (TPSA) is 75.8 Å². The van der Waals surface area contributed by atoms with Gasteiger partial charge in [-0.05, 0) is 18.2 Å². The van der Waals surface area contributed by atoms with E-state index in [-0.39, 0.29) is 17.8 Å². The second-order valence-electron chi connectivity index (χ2n) is 4.14. The number of carbonyl (C=O) groups excluding carboxylic acids is 1. The number of rotatable bonds is 2. The fraction of sp³-hybridized carbons (Fsp3) is 0.417. The Labute approximate surface area is 110 Å². The molecule has 1 aliphatic rings. The van der Waals surface area contributed by atoms with Gasteiger partial charge in [0, 0.05) is 19.6 Å². The van der Waals surface area contributed by atoms with Crippen LogP contribution in [0.5, 0.6) is 5.75 Å². The summed E-state index contributed by atoms with van der Waals surface area (Å²) in [6.07, 6.45) is -0.140. The van der Waals surface area contributed by atoms with Crippen LogP contribution in [0.4, 0.5) is 0 Å². The molecule has 18 heavy (non-hydrogen) atoms. The van der Waals surface area contributed by atoms with Crippen LogP contribution in [0.1, 0.15) is 10.4 Å². The summed E-state index contributed by atoms with van der Waals surface area (Å²) in [6, 6.07) is 4.32. The molecule has 5 nitrogen and oxygen atoms in total. The standard InChI is InChI=1S/C12H15ClN2O3/c13-11-2-1-8(16)5-10(11)12(17)15-3-4-18-9(6-14)7-15/h1-2,5,9,16H,3-4,6-7,14H2. The molecule has 1 aliphatic heterocycles. The van der Waals surface area contributed by atoms with Gasteiger partial charge in [-0.3, -0.25) is 4.79 Å². The van der Waals surface area contributed by atoms with Gasteiger partial charge < -0.3 is 20.5 Å². The van der Waals surface area contributed by atoms with Crippen molar-refractivity contribution < 1.29 is 14.6 Å². The minimum Gasteiger partial charge on any atom is -0.508 e. The molecule has 6 heteroatoms. The van der Waals surface area contributed by atoms with Gasteiger partial charge in [0.1, 0.15) is 5.75 Å². The van der Waals surface area contributed by atoms with Crippen molar-refractivity contribution in [2.75, 3.05) is 26.2 Å². The summed E-state index contributed by atoms with van der Waals surface area (Å²) in [4.78, 5) is 13.9. The Morgan fingerprint density at radius 3 is 3.11 bits per heavy atom. The first kappa shape index (κ1) is 13.1. The SMILES string of the molecule is NCC1CN(C(=O)c2cc(O)ccc2Cl)CCO1. The number of nitrogens with two attached hydrogens (primary N) is 1. The molecule has 1 unspecified atom stereocenters. The molecule has 0 radical (unpaired) electrons. The van der Waals surface area contributed by atoms with Gasteiger partial charge >= 0.3 is 0 Å².